The molecule has 36 heavy (non-hydrogen) atoms. The third-order valence-corrected chi connectivity index (χ3v) is 7.48. The van der Waals surface area contributed by atoms with E-state index in [-0.39, 0.29) is 29.5 Å². The molecule has 12 heteroatoms. The first-order valence-corrected chi connectivity index (χ1v) is 11.9. The second-order valence-electron chi connectivity index (χ2n) is 8.23. The second-order valence-corrected chi connectivity index (χ2v) is 10.1. The maximum absolute atomic E-state index is 13.1. The van der Waals surface area contributed by atoms with E-state index < -0.39 is 45.1 Å². The Kier molecular flexibility index (Phi) is 6.27. The molecule has 0 bridgehead atoms. The minimum Gasteiger partial charge on any atom is -0.322 e. The summed E-state index contributed by atoms with van der Waals surface area (Å²) in [5, 5.41) is 2.08. The topological polar surface area (TPSA) is 66.5 Å². The lowest BCUT2D eigenvalue weighted by atomic mass is 10.1. The molecule has 190 valence electrons. The van der Waals surface area contributed by atoms with E-state index in [1.807, 2.05) is 6.92 Å². The SMILES string of the molecule is Cc1ccc(S(=O)(=O)N2CCc3cc(C(=O)Nc4cc(C(F)(F)F)cc(C(F)(F)F)c4)ccc32)cc1. The normalized spacial score (nSPS) is 14.0. The number of alkyl halides is 6. The number of hydrogen-bond acceptors (Lipinski definition) is 3. The number of nitrogens with one attached hydrogen (secondary N) is 1. The van der Waals surface area contributed by atoms with Crippen LogP contribution in [0, 0.1) is 6.92 Å². The molecule has 0 aliphatic carbocycles. The summed E-state index contributed by atoms with van der Waals surface area (Å²) in [5.74, 6) is -0.940. The van der Waals surface area contributed by atoms with Gasteiger partial charge in [-0.3, -0.25) is 9.10 Å². The second kappa shape index (κ2) is 8.84. The van der Waals surface area contributed by atoms with Crippen LogP contribution in [0.3, 0.4) is 0 Å². The molecule has 3 aromatic rings. The Bertz CT molecular complexity index is 1400. The summed E-state index contributed by atoms with van der Waals surface area (Å²) in [5.41, 5.74) is -2.11. The van der Waals surface area contributed by atoms with Gasteiger partial charge in [-0.1, -0.05) is 17.7 Å². The van der Waals surface area contributed by atoms with Gasteiger partial charge in [-0.2, -0.15) is 26.3 Å². The van der Waals surface area contributed by atoms with Gasteiger partial charge in [-0.25, -0.2) is 8.42 Å². The molecule has 0 saturated heterocycles. The van der Waals surface area contributed by atoms with Gasteiger partial charge in [0.1, 0.15) is 0 Å². The summed E-state index contributed by atoms with van der Waals surface area (Å²) >= 11 is 0. The van der Waals surface area contributed by atoms with Crippen molar-refractivity contribution in [1.29, 1.82) is 0 Å². The molecule has 0 saturated carbocycles. The number of hydrogen-bond donors (Lipinski definition) is 1. The van der Waals surface area contributed by atoms with Gasteiger partial charge in [0, 0.05) is 17.8 Å². The summed E-state index contributed by atoms with van der Waals surface area (Å²) in [6, 6.07) is 11.1. The Morgan fingerprint density at radius 2 is 1.44 bits per heavy atom. The highest BCUT2D eigenvalue weighted by atomic mass is 32.2. The van der Waals surface area contributed by atoms with E-state index in [9.17, 15) is 39.6 Å². The Morgan fingerprint density at radius 1 is 0.861 bits per heavy atom. The van der Waals surface area contributed by atoms with Gasteiger partial charge in [0.15, 0.2) is 0 Å². The van der Waals surface area contributed by atoms with Crippen LogP contribution in [0.15, 0.2) is 65.6 Å². The van der Waals surface area contributed by atoms with Crippen LogP contribution in [0.2, 0.25) is 0 Å². The quantitative estimate of drug-likeness (QED) is 0.420. The molecule has 1 aliphatic rings. The summed E-state index contributed by atoms with van der Waals surface area (Å²) < 4.78 is 106. The number of nitrogens with zero attached hydrogens (tertiary/aromatic N) is 1. The zero-order chi connectivity index (χ0) is 26.5. The summed E-state index contributed by atoms with van der Waals surface area (Å²) in [6.45, 7) is 1.93. The van der Waals surface area contributed by atoms with Gasteiger partial charge < -0.3 is 5.32 Å². The molecule has 5 nitrogen and oxygen atoms in total. The fourth-order valence-corrected chi connectivity index (χ4v) is 5.33. The number of carbonyl (C=O) groups excluding carboxylic acids is 1. The van der Waals surface area contributed by atoms with Crippen LogP contribution in [0.1, 0.15) is 32.6 Å². The van der Waals surface area contributed by atoms with Gasteiger partial charge >= 0.3 is 12.4 Å². The maximum atomic E-state index is 13.1. The minimum absolute atomic E-state index is 0.0336. The van der Waals surface area contributed by atoms with Crippen molar-refractivity contribution in [3.8, 4) is 0 Å². The standard InChI is InChI=1S/C24H18F6N2O3S/c1-14-2-5-20(6-3-14)36(34,35)32-9-8-15-10-16(4-7-21(15)32)22(33)31-19-12-17(23(25,26)27)11-18(13-19)24(28,29)30/h2-7,10-13H,8-9H2,1H3,(H,31,33). The number of carbonyl (C=O) groups is 1. The fourth-order valence-electron chi connectivity index (χ4n) is 3.83. The first-order chi connectivity index (χ1) is 16.7. The molecule has 0 radical (unpaired) electrons. The van der Waals surface area contributed by atoms with Crippen LogP contribution in [0.4, 0.5) is 37.7 Å². The third kappa shape index (κ3) is 5.03. The number of fused-ring (bicyclic) bond motifs is 1. The van der Waals surface area contributed by atoms with Crippen molar-refractivity contribution in [3.05, 3.63) is 88.5 Å². The molecule has 1 amide bonds. The van der Waals surface area contributed by atoms with E-state index in [0.717, 1.165) is 5.56 Å². The number of amides is 1. The number of halogens is 6. The van der Waals surface area contributed by atoms with Crippen molar-refractivity contribution in [2.45, 2.75) is 30.6 Å². The van der Waals surface area contributed by atoms with E-state index >= 15 is 0 Å². The molecule has 4 rings (SSSR count). The number of aryl methyl sites for hydroxylation is 1. The van der Waals surface area contributed by atoms with Crippen LogP contribution >= 0.6 is 0 Å². The van der Waals surface area contributed by atoms with Crippen molar-refractivity contribution in [3.63, 3.8) is 0 Å². The van der Waals surface area contributed by atoms with Crippen molar-refractivity contribution < 1.29 is 39.6 Å². The zero-order valence-electron chi connectivity index (χ0n) is 18.5. The fraction of sp³-hybridized carbons (Fsp3) is 0.208. The first-order valence-electron chi connectivity index (χ1n) is 10.5. The summed E-state index contributed by atoms with van der Waals surface area (Å²) in [6.07, 6.45) is -9.84. The molecule has 0 unspecified atom stereocenters. The average Bonchev–Trinajstić information content (AvgIpc) is 3.22. The number of rotatable bonds is 4. The van der Waals surface area contributed by atoms with Crippen LogP contribution in [0.25, 0.3) is 0 Å². The van der Waals surface area contributed by atoms with Crippen LogP contribution in [0.5, 0.6) is 0 Å². The Labute approximate surface area is 202 Å². The summed E-state index contributed by atoms with van der Waals surface area (Å²) in [7, 11) is -3.87. The van der Waals surface area contributed by atoms with Gasteiger partial charge in [-0.15, -0.1) is 0 Å². The summed E-state index contributed by atoms with van der Waals surface area (Å²) in [4.78, 5) is 12.8. The van der Waals surface area contributed by atoms with Crippen molar-refractivity contribution in [2.75, 3.05) is 16.2 Å². The molecule has 0 fully saturated rings. The maximum Gasteiger partial charge on any atom is 0.416 e. The highest BCUT2D eigenvalue weighted by Crippen LogP contribution is 2.38. The number of benzene rings is 3. The average molecular weight is 528 g/mol. The van der Waals surface area contributed by atoms with E-state index in [2.05, 4.69) is 5.32 Å². The highest BCUT2D eigenvalue weighted by Gasteiger charge is 2.37. The molecule has 3 aromatic carbocycles. The molecular weight excluding hydrogens is 510 g/mol. The number of sulfonamides is 1. The van der Waals surface area contributed by atoms with E-state index in [4.69, 9.17) is 0 Å². The van der Waals surface area contributed by atoms with Gasteiger partial charge in [0.25, 0.3) is 15.9 Å². The Morgan fingerprint density at radius 3 is 2.00 bits per heavy atom. The van der Waals surface area contributed by atoms with Crippen LogP contribution in [-0.4, -0.2) is 20.9 Å². The Balaban J connectivity index is 1.61. The monoisotopic (exact) mass is 528 g/mol. The highest BCUT2D eigenvalue weighted by molar-refractivity contribution is 7.92. The van der Waals surface area contributed by atoms with Crippen LogP contribution < -0.4 is 9.62 Å². The Hall–Kier alpha value is -3.54. The lowest BCUT2D eigenvalue weighted by Gasteiger charge is -2.20. The number of anilines is 2. The molecular formula is C24H18F6N2O3S. The van der Waals surface area contributed by atoms with Gasteiger partial charge in [-0.05, 0) is 67.4 Å². The molecule has 0 aromatic heterocycles. The molecule has 1 aliphatic heterocycles. The van der Waals surface area contributed by atoms with Gasteiger partial charge in [0.05, 0.1) is 21.7 Å². The molecule has 0 spiro atoms. The molecule has 1 heterocycles. The predicted octanol–water partition coefficient (Wildman–Crippen LogP) is 6.04. The zero-order valence-corrected chi connectivity index (χ0v) is 19.4. The van der Waals surface area contributed by atoms with Crippen molar-refractivity contribution in [1.82, 2.24) is 0 Å². The van der Waals surface area contributed by atoms with E-state index in [0.29, 0.717) is 23.4 Å². The smallest absolute Gasteiger partial charge is 0.322 e. The van der Waals surface area contributed by atoms with Crippen molar-refractivity contribution in [2.24, 2.45) is 0 Å². The third-order valence-electron chi connectivity index (χ3n) is 5.65. The van der Waals surface area contributed by atoms with E-state index in [1.165, 1.54) is 34.6 Å². The first kappa shape index (κ1) is 25.5. The minimum atomic E-state index is -5.05. The van der Waals surface area contributed by atoms with Crippen molar-refractivity contribution >= 4 is 27.3 Å². The van der Waals surface area contributed by atoms with Gasteiger partial charge in [0.2, 0.25) is 0 Å². The lowest BCUT2D eigenvalue weighted by molar-refractivity contribution is -0.143. The predicted molar refractivity (Wildman–Crippen MR) is 120 cm³/mol. The molecule has 0 atom stereocenters. The lowest BCUT2D eigenvalue weighted by Crippen LogP contribution is -2.29. The molecule has 1 N–H and O–H groups in total. The largest absolute Gasteiger partial charge is 0.416 e. The van der Waals surface area contributed by atoms with Crippen LogP contribution in [-0.2, 0) is 28.8 Å². The van der Waals surface area contributed by atoms with E-state index in [1.54, 1.807) is 12.1 Å².